The van der Waals surface area contributed by atoms with Crippen molar-refractivity contribution in [2.24, 2.45) is 0 Å². The fourth-order valence-corrected chi connectivity index (χ4v) is 8.04. The van der Waals surface area contributed by atoms with Crippen LogP contribution in [-0.4, -0.2) is 51.5 Å². The molecule has 12 heteroatoms. The number of sulfonamides is 1. The summed E-state index contributed by atoms with van der Waals surface area (Å²) in [6, 6.07) is 16.1. The van der Waals surface area contributed by atoms with Gasteiger partial charge in [-0.05, 0) is 87.0 Å². The zero-order valence-electron chi connectivity index (χ0n) is 24.6. The molecular weight excluding hydrogens is 604 g/mol. The molecular formula is C32H33ClN4O6S. The van der Waals surface area contributed by atoms with E-state index in [0.29, 0.717) is 59.7 Å². The van der Waals surface area contributed by atoms with Gasteiger partial charge in [0, 0.05) is 29.2 Å². The third-order valence-corrected chi connectivity index (χ3v) is 10.1. The minimum absolute atomic E-state index is 0.0528. The molecule has 3 heterocycles. The standard InChI is InChI=1S/C32H33ClN4O6S/c1-4-42-29-14-7-21(20-34-2)18-26(29)32(36-16-5-6-28(36)30-35-15-17-43-30)25-19-22(33)8-13-27(25)37(31(32)38)44(39,40)24-11-9-23(41-3)10-12-24/h7-15,17-19,28,34H,4-6,16,20H2,1-3H3/t28-,32?/m0/s1. The summed E-state index contributed by atoms with van der Waals surface area (Å²) in [5, 5.41) is 3.53. The van der Waals surface area contributed by atoms with Gasteiger partial charge < -0.3 is 19.2 Å². The number of carbonyl (C=O) groups excluding carboxylic acids is 1. The van der Waals surface area contributed by atoms with Crippen LogP contribution in [0.15, 0.2) is 82.4 Å². The molecule has 1 saturated heterocycles. The molecule has 1 aromatic heterocycles. The molecule has 3 aromatic carbocycles. The molecule has 0 bridgehead atoms. The van der Waals surface area contributed by atoms with Gasteiger partial charge in [0.2, 0.25) is 5.89 Å². The molecule has 6 rings (SSSR count). The average Bonchev–Trinajstić information content (AvgIpc) is 3.77. The number of nitrogens with one attached hydrogen (secondary N) is 1. The topological polar surface area (TPSA) is 114 Å². The molecule has 2 aliphatic heterocycles. The number of fused-ring (bicyclic) bond motifs is 1. The smallest absolute Gasteiger partial charge is 0.271 e. The van der Waals surface area contributed by atoms with E-state index in [9.17, 15) is 8.42 Å². The highest BCUT2D eigenvalue weighted by molar-refractivity contribution is 7.93. The molecule has 4 aromatic rings. The normalized spacial score (nSPS) is 20.2. The molecule has 0 spiro atoms. The van der Waals surface area contributed by atoms with Crippen molar-refractivity contribution < 1.29 is 27.1 Å². The van der Waals surface area contributed by atoms with Crippen molar-refractivity contribution in [1.82, 2.24) is 15.2 Å². The zero-order chi connectivity index (χ0) is 31.1. The number of amides is 1. The number of aromatic nitrogens is 1. The molecule has 44 heavy (non-hydrogen) atoms. The summed E-state index contributed by atoms with van der Waals surface area (Å²) in [6.07, 6.45) is 4.44. The fourth-order valence-electron chi connectivity index (χ4n) is 6.41. The van der Waals surface area contributed by atoms with Crippen LogP contribution in [0.3, 0.4) is 0 Å². The summed E-state index contributed by atoms with van der Waals surface area (Å²) in [4.78, 5) is 21.8. The quantitative estimate of drug-likeness (QED) is 0.249. The van der Waals surface area contributed by atoms with Gasteiger partial charge in [-0.15, -0.1) is 0 Å². The van der Waals surface area contributed by atoms with Gasteiger partial charge in [-0.1, -0.05) is 17.7 Å². The third kappa shape index (κ3) is 4.75. The number of anilines is 1. The van der Waals surface area contributed by atoms with Gasteiger partial charge in [-0.3, -0.25) is 9.69 Å². The molecule has 1 unspecified atom stereocenters. The summed E-state index contributed by atoms with van der Waals surface area (Å²) in [7, 11) is -1.06. The Kier molecular flexibility index (Phi) is 8.14. The number of hydrogen-bond acceptors (Lipinski definition) is 9. The monoisotopic (exact) mass is 636 g/mol. The minimum Gasteiger partial charge on any atom is -0.497 e. The van der Waals surface area contributed by atoms with Crippen molar-refractivity contribution in [1.29, 1.82) is 0 Å². The number of hydrogen-bond donors (Lipinski definition) is 1. The predicted molar refractivity (Wildman–Crippen MR) is 165 cm³/mol. The molecule has 230 valence electrons. The molecule has 1 N–H and O–H groups in total. The Balaban J connectivity index is 1.67. The molecule has 0 aliphatic carbocycles. The zero-order valence-corrected chi connectivity index (χ0v) is 26.2. The third-order valence-electron chi connectivity index (χ3n) is 8.19. The summed E-state index contributed by atoms with van der Waals surface area (Å²) in [6.45, 7) is 3.18. The van der Waals surface area contributed by atoms with Crippen molar-refractivity contribution >= 4 is 33.2 Å². The number of halogens is 1. The Morgan fingerprint density at radius 2 is 1.91 bits per heavy atom. The molecule has 10 nitrogen and oxygen atoms in total. The van der Waals surface area contributed by atoms with E-state index in [1.54, 1.807) is 36.5 Å². The Hall–Kier alpha value is -3.90. The van der Waals surface area contributed by atoms with Crippen LogP contribution in [0.1, 0.15) is 48.4 Å². The van der Waals surface area contributed by atoms with Gasteiger partial charge in [0.1, 0.15) is 17.8 Å². The van der Waals surface area contributed by atoms with Crippen LogP contribution in [0.2, 0.25) is 5.02 Å². The maximum Gasteiger partial charge on any atom is 0.271 e. The number of nitrogens with zero attached hydrogens (tertiary/aromatic N) is 3. The van der Waals surface area contributed by atoms with Gasteiger partial charge in [0.15, 0.2) is 5.54 Å². The summed E-state index contributed by atoms with van der Waals surface area (Å²) < 4.78 is 47.0. The van der Waals surface area contributed by atoms with Gasteiger partial charge >= 0.3 is 0 Å². The van der Waals surface area contributed by atoms with Gasteiger partial charge in [-0.25, -0.2) is 17.7 Å². The largest absolute Gasteiger partial charge is 0.497 e. The number of rotatable bonds is 10. The lowest BCUT2D eigenvalue weighted by atomic mass is 9.80. The first-order chi connectivity index (χ1) is 21.3. The highest BCUT2D eigenvalue weighted by atomic mass is 35.5. The maximum absolute atomic E-state index is 15.4. The number of carbonyl (C=O) groups is 1. The second-order valence-corrected chi connectivity index (χ2v) is 12.9. The van der Waals surface area contributed by atoms with E-state index < -0.39 is 27.5 Å². The second-order valence-electron chi connectivity index (χ2n) is 10.6. The van der Waals surface area contributed by atoms with E-state index in [1.807, 2.05) is 37.1 Å². The lowest BCUT2D eigenvalue weighted by Gasteiger charge is -2.41. The summed E-state index contributed by atoms with van der Waals surface area (Å²) in [5.74, 6) is 0.742. The number of likely N-dealkylation sites (tertiary alicyclic amines) is 1. The lowest BCUT2D eigenvalue weighted by molar-refractivity contribution is -0.127. The molecule has 2 aliphatic rings. The van der Waals surface area contributed by atoms with Crippen LogP contribution in [0.25, 0.3) is 0 Å². The van der Waals surface area contributed by atoms with E-state index in [0.717, 1.165) is 16.3 Å². The number of benzene rings is 3. The maximum atomic E-state index is 15.4. The van der Waals surface area contributed by atoms with Gasteiger partial charge in [0.05, 0.1) is 36.5 Å². The lowest BCUT2D eigenvalue weighted by Crippen LogP contribution is -2.54. The molecule has 2 atom stereocenters. The van der Waals surface area contributed by atoms with Gasteiger partial charge in [-0.2, -0.15) is 0 Å². The van der Waals surface area contributed by atoms with E-state index in [-0.39, 0.29) is 10.6 Å². The van der Waals surface area contributed by atoms with Gasteiger partial charge in [0.25, 0.3) is 15.9 Å². The molecule has 1 amide bonds. The van der Waals surface area contributed by atoms with Crippen LogP contribution < -0.4 is 19.1 Å². The Morgan fingerprint density at radius 3 is 2.59 bits per heavy atom. The van der Waals surface area contributed by atoms with Crippen LogP contribution in [-0.2, 0) is 26.9 Å². The first-order valence-electron chi connectivity index (χ1n) is 14.4. The van der Waals surface area contributed by atoms with Crippen LogP contribution >= 0.6 is 11.6 Å². The molecule has 0 saturated carbocycles. The Morgan fingerprint density at radius 1 is 1.11 bits per heavy atom. The molecule has 1 fully saturated rings. The van der Waals surface area contributed by atoms with Crippen molar-refractivity contribution in [2.75, 3.05) is 31.6 Å². The van der Waals surface area contributed by atoms with Crippen LogP contribution in [0, 0.1) is 0 Å². The predicted octanol–water partition coefficient (Wildman–Crippen LogP) is 5.27. The Bertz CT molecular complexity index is 1780. The van der Waals surface area contributed by atoms with Crippen molar-refractivity contribution in [2.45, 2.75) is 42.8 Å². The SMILES string of the molecule is CCOc1ccc(CNC)cc1C1(N2CCC[C@H]2c2ncco2)C(=O)N(S(=O)(=O)c2ccc(OC)cc2)c2ccc(Cl)cc21. The number of ether oxygens (including phenoxy) is 2. The second kappa shape index (κ2) is 11.9. The van der Waals surface area contributed by atoms with E-state index in [1.165, 1.54) is 25.5 Å². The number of oxazole rings is 1. The van der Waals surface area contributed by atoms with E-state index >= 15 is 4.79 Å². The van der Waals surface area contributed by atoms with Crippen molar-refractivity contribution in [3.8, 4) is 11.5 Å². The minimum atomic E-state index is -4.40. The van der Waals surface area contributed by atoms with E-state index in [2.05, 4.69) is 10.3 Å². The van der Waals surface area contributed by atoms with Crippen molar-refractivity contribution in [3.05, 3.63) is 101 Å². The van der Waals surface area contributed by atoms with Crippen LogP contribution in [0.5, 0.6) is 11.5 Å². The van der Waals surface area contributed by atoms with Crippen LogP contribution in [0.4, 0.5) is 5.69 Å². The average molecular weight is 637 g/mol. The van der Waals surface area contributed by atoms with Crippen molar-refractivity contribution in [3.63, 3.8) is 0 Å². The summed E-state index contributed by atoms with van der Waals surface area (Å²) in [5.41, 5.74) is 0.420. The highest BCUT2D eigenvalue weighted by Crippen LogP contribution is 2.56. The summed E-state index contributed by atoms with van der Waals surface area (Å²) >= 11 is 6.64. The molecule has 0 radical (unpaired) electrons. The van der Waals surface area contributed by atoms with E-state index in [4.69, 9.17) is 25.5 Å². The Labute approximate surface area is 261 Å². The highest BCUT2D eigenvalue weighted by Gasteiger charge is 2.62. The first-order valence-corrected chi connectivity index (χ1v) is 16.2. The fraction of sp³-hybridized carbons (Fsp3) is 0.312. The number of methoxy groups -OCH3 is 1. The first kappa shape index (κ1) is 30.1.